The molecule has 25 heavy (non-hydrogen) atoms. The molecule has 0 N–H and O–H groups in total. The fourth-order valence-electron chi connectivity index (χ4n) is 3.52. The van der Waals surface area contributed by atoms with Gasteiger partial charge in [0, 0.05) is 74.8 Å². The van der Waals surface area contributed by atoms with Crippen molar-refractivity contribution in [2.45, 2.75) is 10.6 Å². The molecule has 4 nitrogen and oxygen atoms in total. The van der Waals surface area contributed by atoms with Crippen molar-refractivity contribution in [3.05, 3.63) is 47.1 Å². The Balaban J connectivity index is 1.23. The summed E-state index contributed by atoms with van der Waals surface area (Å²) in [5.41, 5.74) is 2.13. The summed E-state index contributed by atoms with van der Waals surface area (Å²) in [6.07, 6.45) is 2.88. The molecule has 1 atom stereocenters. The number of carbonyl (C=O) groups is 1. The summed E-state index contributed by atoms with van der Waals surface area (Å²) in [4.78, 5) is 22.0. The van der Waals surface area contributed by atoms with Gasteiger partial charge in [-0.05, 0) is 23.6 Å². The third kappa shape index (κ3) is 4.14. The average Bonchev–Trinajstić information content (AvgIpc) is 3.14. The van der Waals surface area contributed by atoms with Gasteiger partial charge in [0.25, 0.3) is 0 Å². The lowest BCUT2D eigenvalue weighted by Gasteiger charge is -2.36. The van der Waals surface area contributed by atoms with E-state index in [1.54, 1.807) is 11.3 Å². The molecule has 4 heterocycles. The van der Waals surface area contributed by atoms with Crippen LogP contribution in [-0.2, 0) is 6.42 Å². The van der Waals surface area contributed by atoms with Gasteiger partial charge in [-0.3, -0.25) is 9.78 Å². The van der Waals surface area contributed by atoms with Gasteiger partial charge in [0.1, 0.15) is 0 Å². The molecule has 0 aliphatic carbocycles. The Morgan fingerprint density at radius 2 is 1.96 bits per heavy atom. The van der Waals surface area contributed by atoms with Crippen LogP contribution in [0.15, 0.2) is 40.1 Å². The number of carbonyl (C=O) groups excluding carboxylic acids is 1. The monoisotopic (exact) mass is 373 g/mol. The van der Waals surface area contributed by atoms with E-state index in [4.69, 9.17) is 0 Å². The highest BCUT2D eigenvalue weighted by molar-refractivity contribution is 8.01. The van der Waals surface area contributed by atoms with Gasteiger partial charge in [0.2, 0.25) is 0 Å². The zero-order chi connectivity index (χ0) is 17.1. The Morgan fingerprint density at radius 1 is 1.12 bits per heavy atom. The minimum Gasteiger partial charge on any atom is -0.300 e. The Hall–Kier alpha value is -1.21. The maximum absolute atomic E-state index is 12.6. The highest BCUT2D eigenvalue weighted by atomic mass is 32.2. The summed E-state index contributed by atoms with van der Waals surface area (Å²) >= 11 is 3.55. The van der Waals surface area contributed by atoms with E-state index < -0.39 is 0 Å². The fourth-order valence-corrected chi connectivity index (χ4v) is 5.72. The standard InChI is InChI=1S/C19H23N3OS2/c23-18-15(14-25-19-17(18)5-12-24-19)13-22-10-8-21(9-11-22)7-4-16-3-1-2-6-20-16/h1-3,5-6,12,15H,4,7-11,13-14H2. The summed E-state index contributed by atoms with van der Waals surface area (Å²) in [5, 5.41) is 2.04. The van der Waals surface area contributed by atoms with Gasteiger partial charge in [-0.1, -0.05) is 6.07 Å². The van der Waals surface area contributed by atoms with E-state index in [-0.39, 0.29) is 5.92 Å². The van der Waals surface area contributed by atoms with E-state index in [2.05, 4.69) is 26.9 Å². The van der Waals surface area contributed by atoms with Crippen molar-refractivity contribution in [3.8, 4) is 0 Å². The van der Waals surface area contributed by atoms with Gasteiger partial charge in [0.05, 0.1) is 4.21 Å². The highest BCUT2D eigenvalue weighted by Crippen LogP contribution is 2.37. The first-order valence-corrected chi connectivity index (χ1v) is 10.8. The SMILES string of the molecule is O=C1c2ccsc2SCC1CN1CCN(CCc2ccccn2)CC1. The van der Waals surface area contributed by atoms with Crippen LogP contribution in [0.1, 0.15) is 16.1 Å². The first-order chi connectivity index (χ1) is 12.3. The number of nitrogens with zero attached hydrogens (tertiary/aromatic N) is 3. The molecule has 0 radical (unpaired) electrons. The van der Waals surface area contributed by atoms with Crippen molar-refractivity contribution in [1.82, 2.24) is 14.8 Å². The summed E-state index contributed by atoms with van der Waals surface area (Å²) in [6, 6.07) is 8.11. The van der Waals surface area contributed by atoms with Crippen LogP contribution in [0.2, 0.25) is 0 Å². The minimum absolute atomic E-state index is 0.159. The van der Waals surface area contributed by atoms with Gasteiger partial charge in [-0.25, -0.2) is 0 Å². The molecular formula is C19H23N3OS2. The second kappa shape index (κ2) is 7.99. The minimum atomic E-state index is 0.159. The van der Waals surface area contributed by atoms with E-state index in [0.717, 1.165) is 57.0 Å². The van der Waals surface area contributed by atoms with Crippen LogP contribution in [0.5, 0.6) is 0 Å². The van der Waals surface area contributed by atoms with Crippen LogP contribution in [0.4, 0.5) is 0 Å². The van der Waals surface area contributed by atoms with E-state index in [0.29, 0.717) is 5.78 Å². The molecule has 2 aliphatic heterocycles. The lowest BCUT2D eigenvalue weighted by Crippen LogP contribution is -2.49. The molecule has 0 spiro atoms. The molecule has 0 aromatic carbocycles. The van der Waals surface area contributed by atoms with Crippen molar-refractivity contribution >= 4 is 28.9 Å². The molecular weight excluding hydrogens is 350 g/mol. The van der Waals surface area contributed by atoms with E-state index in [9.17, 15) is 4.79 Å². The summed E-state index contributed by atoms with van der Waals surface area (Å²) in [7, 11) is 0. The number of ketones is 1. The van der Waals surface area contributed by atoms with Crippen molar-refractivity contribution in [2.75, 3.05) is 45.0 Å². The number of hydrogen-bond donors (Lipinski definition) is 0. The Kier molecular flexibility index (Phi) is 5.51. The highest BCUT2D eigenvalue weighted by Gasteiger charge is 2.31. The smallest absolute Gasteiger partial charge is 0.170 e. The number of piperazine rings is 1. The van der Waals surface area contributed by atoms with Crippen LogP contribution in [0.3, 0.4) is 0 Å². The number of pyridine rings is 1. The molecule has 0 bridgehead atoms. The number of Topliss-reactive ketones (excluding diaryl/α,β-unsaturated/α-hetero) is 1. The molecule has 0 amide bonds. The number of aromatic nitrogens is 1. The van der Waals surface area contributed by atoms with E-state index >= 15 is 0 Å². The largest absolute Gasteiger partial charge is 0.300 e. The lowest BCUT2D eigenvalue weighted by molar-refractivity contribution is 0.0834. The average molecular weight is 374 g/mol. The molecule has 2 aliphatic rings. The first-order valence-electron chi connectivity index (χ1n) is 8.89. The Labute approximate surface area is 157 Å². The lowest BCUT2D eigenvalue weighted by atomic mass is 10.00. The molecule has 132 valence electrons. The van der Waals surface area contributed by atoms with Gasteiger partial charge in [0.15, 0.2) is 5.78 Å². The molecule has 6 heteroatoms. The Bertz CT molecular complexity index is 710. The number of hydrogen-bond acceptors (Lipinski definition) is 6. The molecule has 1 unspecified atom stereocenters. The zero-order valence-electron chi connectivity index (χ0n) is 14.3. The van der Waals surface area contributed by atoms with Crippen LogP contribution in [0, 0.1) is 5.92 Å². The number of rotatable bonds is 5. The molecule has 4 rings (SSSR count). The van der Waals surface area contributed by atoms with Gasteiger partial charge in [-0.2, -0.15) is 0 Å². The molecule has 2 aromatic heterocycles. The maximum atomic E-state index is 12.6. The van der Waals surface area contributed by atoms with Gasteiger partial charge >= 0.3 is 0 Å². The van der Waals surface area contributed by atoms with E-state index in [1.807, 2.05) is 35.5 Å². The third-order valence-electron chi connectivity index (χ3n) is 5.04. The third-order valence-corrected chi connectivity index (χ3v) is 7.43. The molecule has 2 aromatic rings. The number of thioether (sulfide) groups is 1. The van der Waals surface area contributed by atoms with Crippen molar-refractivity contribution in [3.63, 3.8) is 0 Å². The normalized spacial score (nSPS) is 22.1. The zero-order valence-corrected chi connectivity index (χ0v) is 15.9. The quantitative estimate of drug-likeness (QED) is 0.805. The van der Waals surface area contributed by atoms with Crippen LogP contribution < -0.4 is 0 Å². The number of thiophene rings is 1. The molecule has 1 saturated heterocycles. The van der Waals surface area contributed by atoms with E-state index in [1.165, 1.54) is 9.90 Å². The predicted octanol–water partition coefficient (Wildman–Crippen LogP) is 2.91. The summed E-state index contributed by atoms with van der Waals surface area (Å²) in [6.45, 7) is 6.28. The molecule has 0 saturated carbocycles. The predicted molar refractivity (Wildman–Crippen MR) is 104 cm³/mol. The summed E-state index contributed by atoms with van der Waals surface area (Å²) in [5.74, 6) is 1.45. The summed E-state index contributed by atoms with van der Waals surface area (Å²) < 4.78 is 1.21. The maximum Gasteiger partial charge on any atom is 0.170 e. The second-order valence-corrected chi connectivity index (χ2v) is 8.91. The second-order valence-electron chi connectivity index (χ2n) is 6.71. The molecule has 1 fully saturated rings. The van der Waals surface area contributed by atoms with Crippen molar-refractivity contribution in [1.29, 1.82) is 0 Å². The van der Waals surface area contributed by atoms with Crippen LogP contribution in [-0.4, -0.2) is 65.6 Å². The van der Waals surface area contributed by atoms with Gasteiger partial charge < -0.3 is 9.80 Å². The topological polar surface area (TPSA) is 36.4 Å². The fraction of sp³-hybridized carbons (Fsp3) is 0.474. The first kappa shape index (κ1) is 17.2. The van der Waals surface area contributed by atoms with Crippen molar-refractivity contribution < 1.29 is 4.79 Å². The van der Waals surface area contributed by atoms with Crippen LogP contribution >= 0.6 is 23.1 Å². The Morgan fingerprint density at radius 3 is 2.76 bits per heavy atom. The van der Waals surface area contributed by atoms with Crippen molar-refractivity contribution in [2.24, 2.45) is 5.92 Å². The number of fused-ring (bicyclic) bond motifs is 1. The van der Waals surface area contributed by atoms with Gasteiger partial charge in [-0.15, -0.1) is 23.1 Å². The van der Waals surface area contributed by atoms with Crippen LogP contribution in [0.25, 0.3) is 0 Å².